The van der Waals surface area contributed by atoms with Gasteiger partial charge in [0.05, 0.1) is 39.9 Å². The molecular formula is C20H13F3N4O. The highest BCUT2D eigenvalue weighted by atomic mass is 19.4. The molecule has 0 saturated carbocycles. The Kier molecular flexibility index (Phi) is 5.27. The van der Waals surface area contributed by atoms with Crippen LogP contribution in [0.3, 0.4) is 0 Å². The minimum atomic E-state index is -4.52. The molecular weight excluding hydrogens is 369 g/mol. The van der Waals surface area contributed by atoms with Crippen molar-refractivity contribution in [3.05, 3.63) is 83.7 Å². The zero-order chi connectivity index (χ0) is 20.1. The van der Waals surface area contributed by atoms with Gasteiger partial charge in [0.25, 0.3) is 5.91 Å². The fraction of sp³-hybridized carbons (Fsp3) is 0.0500. The SMILES string of the molecule is N#Cc1ccccc1NC(=O)c1cncc(Nc2ccccc2C(F)(F)F)c1. The molecule has 0 fully saturated rings. The molecule has 3 rings (SSSR count). The minimum Gasteiger partial charge on any atom is -0.354 e. The number of nitrogens with one attached hydrogen (secondary N) is 2. The molecule has 0 saturated heterocycles. The molecule has 2 aromatic carbocycles. The smallest absolute Gasteiger partial charge is 0.354 e. The number of nitriles is 1. The van der Waals surface area contributed by atoms with Gasteiger partial charge in [0.1, 0.15) is 6.07 Å². The predicted octanol–water partition coefficient (Wildman–Crippen LogP) is 4.97. The number of para-hydroxylation sites is 2. The second-order valence-electron chi connectivity index (χ2n) is 5.74. The highest BCUT2D eigenvalue weighted by Gasteiger charge is 2.33. The number of amides is 1. The number of aromatic nitrogens is 1. The maximum Gasteiger partial charge on any atom is 0.418 e. The van der Waals surface area contributed by atoms with Gasteiger partial charge in [-0.25, -0.2) is 0 Å². The van der Waals surface area contributed by atoms with Crippen LogP contribution in [0.1, 0.15) is 21.5 Å². The number of carbonyl (C=O) groups excluding carboxylic acids is 1. The van der Waals surface area contributed by atoms with Crippen LogP contribution < -0.4 is 10.6 Å². The van der Waals surface area contributed by atoms with Crippen molar-refractivity contribution in [3.63, 3.8) is 0 Å². The van der Waals surface area contributed by atoms with Crippen LogP contribution in [0.2, 0.25) is 0 Å². The molecule has 5 nitrogen and oxygen atoms in total. The van der Waals surface area contributed by atoms with Crippen LogP contribution >= 0.6 is 0 Å². The first-order valence-electron chi connectivity index (χ1n) is 8.07. The molecule has 140 valence electrons. The predicted molar refractivity (Wildman–Crippen MR) is 98.1 cm³/mol. The van der Waals surface area contributed by atoms with Gasteiger partial charge >= 0.3 is 6.18 Å². The molecule has 3 aromatic rings. The number of benzene rings is 2. The molecule has 8 heteroatoms. The van der Waals surface area contributed by atoms with Crippen LogP contribution in [-0.2, 0) is 6.18 Å². The maximum absolute atomic E-state index is 13.1. The fourth-order valence-corrected chi connectivity index (χ4v) is 2.51. The van der Waals surface area contributed by atoms with Crippen LogP contribution in [-0.4, -0.2) is 10.9 Å². The lowest BCUT2D eigenvalue weighted by molar-refractivity contribution is -0.136. The minimum absolute atomic E-state index is 0.127. The quantitative estimate of drug-likeness (QED) is 0.668. The molecule has 28 heavy (non-hydrogen) atoms. The second kappa shape index (κ2) is 7.80. The average Bonchev–Trinajstić information content (AvgIpc) is 2.68. The van der Waals surface area contributed by atoms with E-state index < -0.39 is 17.6 Å². The number of hydrogen-bond acceptors (Lipinski definition) is 4. The number of nitrogens with zero attached hydrogens (tertiary/aromatic N) is 2. The first kappa shape index (κ1) is 18.9. The van der Waals surface area contributed by atoms with Crippen molar-refractivity contribution in [3.8, 4) is 6.07 Å². The Bertz CT molecular complexity index is 1060. The molecule has 0 aliphatic heterocycles. The van der Waals surface area contributed by atoms with E-state index in [1.807, 2.05) is 6.07 Å². The van der Waals surface area contributed by atoms with Crippen LogP contribution in [0.15, 0.2) is 67.0 Å². The van der Waals surface area contributed by atoms with E-state index in [4.69, 9.17) is 5.26 Å². The molecule has 1 aromatic heterocycles. The third kappa shape index (κ3) is 4.27. The topological polar surface area (TPSA) is 77.8 Å². The lowest BCUT2D eigenvalue weighted by atomic mass is 10.1. The van der Waals surface area contributed by atoms with Crippen LogP contribution in [0.25, 0.3) is 0 Å². The largest absolute Gasteiger partial charge is 0.418 e. The molecule has 1 amide bonds. The van der Waals surface area contributed by atoms with Crippen molar-refractivity contribution in [2.45, 2.75) is 6.18 Å². The van der Waals surface area contributed by atoms with E-state index >= 15 is 0 Å². The third-order valence-corrected chi connectivity index (χ3v) is 3.81. The summed E-state index contributed by atoms with van der Waals surface area (Å²) in [5.74, 6) is -0.539. The van der Waals surface area contributed by atoms with Crippen LogP contribution in [0.4, 0.5) is 30.2 Å². The Balaban J connectivity index is 1.84. The monoisotopic (exact) mass is 382 g/mol. The maximum atomic E-state index is 13.1. The summed E-state index contributed by atoms with van der Waals surface area (Å²) in [6.07, 6.45) is -1.93. The summed E-state index contributed by atoms with van der Waals surface area (Å²) in [6.45, 7) is 0. The van der Waals surface area contributed by atoms with E-state index in [-0.39, 0.29) is 22.5 Å². The summed E-state index contributed by atoms with van der Waals surface area (Å²) in [4.78, 5) is 16.4. The molecule has 1 heterocycles. The van der Waals surface area contributed by atoms with Gasteiger partial charge in [-0.05, 0) is 30.3 Å². The van der Waals surface area contributed by atoms with E-state index in [0.717, 1.165) is 6.07 Å². The summed E-state index contributed by atoms with van der Waals surface area (Å²) < 4.78 is 39.4. The molecule has 0 aliphatic rings. The van der Waals surface area contributed by atoms with Crippen molar-refractivity contribution in [2.24, 2.45) is 0 Å². The van der Waals surface area contributed by atoms with E-state index in [1.165, 1.54) is 36.7 Å². The molecule has 0 unspecified atom stereocenters. The first-order valence-corrected chi connectivity index (χ1v) is 8.07. The van der Waals surface area contributed by atoms with Crippen molar-refractivity contribution >= 4 is 23.0 Å². The highest BCUT2D eigenvalue weighted by molar-refractivity contribution is 6.05. The molecule has 0 radical (unpaired) electrons. The summed E-state index contributed by atoms with van der Waals surface area (Å²) >= 11 is 0. The number of rotatable bonds is 4. The van der Waals surface area contributed by atoms with Gasteiger partial charge in [-0.2, -0.15) is 18.4 Å². The molecule has 0 bridgehead atoms. The van der Waals surface area contributed by atoms with Crippen molar-refractivity contribution < 1.29 is 18.0 Å². The van der Waals surface area contributed by atoms with Gasteiger partial charge in [0, 0.05) is 6.20 Å². The highest BCUT2D eigenvalue weighted by Crippen LogP contribution is 2.35. The van der Waals surface area contributed by atoms with Gasteiger partial charge in [-0.15, -0.1) is 0 Å². The number of carbonyl (C=O) groups is 1. The van der Waals surface area contributed by atoms with Gasteiger partial charge in [-0.3, -0.25) is 9.78 Å². The Labute approximate surface area is 158 Å². The van der Waals surface area contributed by atoms with Gasteiger partial charge in [0.15, 0.2) is 0 Å². The van der Waals surface area contributed by atoms with Gasteiger partial charge in [0.2, 0.25) is 0 Å². The lowest BCUT2D eigenvalue weighted by Gasteiger charge is -2.14. The summed E-state index contributed by atoms with van der Waals surface area (Å²) in [5.41, 5.74) is -0.00916. The number of hydrogen-bond donors (Lipinski definition) is 2. The third-order valence-electron chi connectivity index (χ3n) is 3.81. The molecule has 0 aliphatic carbocycles. The Hall–Kier alpha value is -3.86. The van der Waals surface area contributed by atoms with Gasteiger partial charge < -0.3 is 10.6 Å². The van der Waals surface area contributed by atoms with E-state index in [1.54, 1.807) is 24.3 Å². The summed E-state index contributed by atoms with van der Waals surface area (Å²) in [6, 6.07) is 14.8. The van der Waals surface area contributed by atoms with E-state index in [9.17, 15) is 18.0 Å². The normalized spacial score (nSPS) is 10.8. The van der Waals surface area contributed by atoms with E-state index in [2.05, 4.69) is 15.6 Å². The number of halogens is 3. The standard InChI is InChI=1S/C20H13F3N4O/c21-20(22,23)16-6-2-4-8-18(16)26-15-9-14(11-25-12-15)19(28)27-17-7-3-1-5-13(17)10-24/h1-9,11-12,26H,(H,27,28). The Morgan fingerprint density at radius 2 is 1.68 bits per heavy atom. The molecule has 0 spiro atoms. The Morgan fingerprint density at radius 1 is 1.00 bits per heavy atom. The van der Waals surface area contributed by atoms with Crippen molar-refractivity contribution in [1.29, 1.82) is 5.26 Å². The lowest BCUT2D eigenvalue weighted by Crippen LogP contribution is -2.13. The Morgan fingerprint density at radius 3 is 2.39 bits per heavy atom. The molecule has 2 N–H and O–H groups in total. The number of alkyl halides is 3. The first-order chi connectivity index (χ1) is 13.4. The summed E-state index contributed by atoms with van der Waals surface area (Å²) in [7, 11) is 0. The zero-order valence-electron chi connectivity index (χ0n) is 14.3. The number of pyridine rings is 1. The van der Waals surface area contributed by atoms with Crippen LogP contribution in [0.5, 0.6) is 0 Å². The van der Waals surface area contributed by atoms with Crippen molar-refractivity contribution in [2.75, 3.05) is 10.6 Å². The number of anilines is 3. The molecule has 0 atom stereocenters. The zero-order valence-corrected chi connectivity index (χ0v) is 14.3. The fourth-order valence-electron chi connectivity index (χ4n) is 2.51. The second-order valence-corrected chi connectivity index (χ2v) is 5.74. The summed E-state index contributed by atoms with van der Waals surface area (Å²) in [5, 5.41) is 14.3. The van der Waals surface area contributed by atoms with Crippen LogP contribution in [0, 0.1) is 11.3 Å². The average molecular weight is 382 g/mol. The van der Waals surface area contributed by atoms with E-state index in [0.29, 0.717) is 5.69 Å². The van der Waals surface area contributed by atoms with Gasteiger partial charge in [-0.1, -0.05) is 24.3 Å². The van der Waals surface area contributed by atoms with Crippen molar-refractivity contribution in [1.82, 2.24) is 4.98 Å².